The van der Waals surface area contributed by atoms with E-state index in [1.165, 1.54) is 48.8 Å². The molecule has 1 fully saturated rings. The molecular formula is C26H37NO2. The van der Waals surface area contributed by atoms with Gasteiger partial charge in [-0.1, -0.05) is 56.2 Å². The average Bonchev–Trinajstić information content (AvgIpc) is 2.70. The second-order valence-electron chi connectivity index (χ2n) is 9.46. The van der Waals surface area contributed by atoms with Gasteiger partial charge < -0.3 is 14.8 Å². The summed E-state index contributed by atoms with van der Waals surface area (Å²) in [5.41, 5.74) is 4.76. The lowest BCUT2D eigenvalue weighted by atomic mass is 9.59. The van der Waals surface area contributed by atoms with Crippen LogP contribution in [0, 0.1) is 12.3 Å². The summed E-state index contributed by atoms with van der Waals surface area (Å²) in [7, 11) is 3.36. The van der Waals surface area contributed by atoms with Crippen LogP contribution < -0.4 is 14.8 Å². The van der Waals surface area contributed by atoms with Crippen molar-refractivity contribution in [3.8, 4) is 11.5 Å². The van der Waals surface area contributed by atoms with E-state index in [4.69, 9.17) is 9.47 Å². The Kier molecular flexibility index (Phi) is 6.89. The fourth-order valence-electron chi connectivity index (χ4n) is 5.06. The predicted molar refractivity (Wildman–Crippen MR) is 121 cm³/mol. The van der Waals surface area contributed by atoms with Gasteiger partial charge in [-0.3, -0.25) is 0 Å². The molecule has 3 rings (SSSR count). The van der Waals surface area contributed by atoms with Crippen LogP contribution in [-0.4, -0.2) is 20.8 Å². The lowest BCUT2D eigenvalue weighted by Gasteiger charge is -2.46. The van der Waals surface area contributed by atoms with Crippen LogP contribution >= 0.6 is 0 Å². The second kappa shape index (κ2) is 9.21. The zero-order chi connectivity index (χ0) is 20.9. The number of benzene rings is 2. The van der Waals surface area contributed by atoms with Gasteiger partial charge in [0.25, 0.3) is 0 Å². The van der Waals surface area contributed by atoms with Crippen molar-refractivity contribution in [2.45, 2.75) is 64.8 Å². The van der Waals surface area contributed by atoms with Crippen LogP contribution in [0.3, 0.4) is 0 Å². The fraction of sp³-hybridized carbons (Fsp3) is 0.538. The van der Waals surface area contributed by atoms with Crippen molar-refractivity contribution in [2.75, 3.05) is 20.8 Å². The summed E-state index contributed by atoms with van der Waals surface area (Å²) in [6.45, 7) is 8.90. The normalized spacial score (nSPS) is 21.0. The number of hydrogen-bond acceptors (Lipinski definition) is 3. The number of methoxy groups -OCH3 is 2. The van der Waals surface area contributed by atoms with Crippen molar-refractivity contribution in [3.05, 3.63) is 59.2 Å². The van der Waals surface area contributed by atoms with Gasteiger partial charge in [-0.25, -0.2) is 0 Å². The zero-order valence-corrected chi connectivity index (χ0v) is 18.8. The third-order valence-electron chi connectivity index (χ3n) is 6.55. The highest BCUT2D eigenvalue weighted by Gasteiger charge is 2.40. The molecule has 2 aromatic carbocycles. The van der Waals surface area contributed by atoms with Gasteiger partial charge in [0.15, 0.2) is 11.5 Å². The van der Waals surface area contributed by atoms with E-state index in [1.807, 2.05) is 6.07 Å². The summed E-state index contributed by atoms with van der Waals surface area (Å²) in [5, 5.41) is 3.67. The molecule has 2 aromatic rings. The zero-order valence-electron chi connectivity index (χ0n) is 18.8. The maximum Gasteiger partial charge on any atom is 0.161 e. The summed E-state index contributed by atoms with van der Waals surface area (Å²) >= 11 is 0. The first-order valence-corrected chi connectivity index (χ1v) is 10.9. The largest absolute Gasteiger partial charge is 0.493 e. The number of ether oxygens (including phenoxy) is 2. The number of rotatable bonds is 8. The minimum absolute atomic E-state index is 0.278. The number of nitrogens with one attached hydrogen (secondary N) is 1. The molecule has 1 unspecified atom stereocenters. The van der Waals surface area contributed by atoms with E-state index < -0.39 is 0 Å². The van der Waals surface area contributed by atoms with Gasteiger partial charge in [-0.05, 0) is 73.2 Å². The first kappa shape index (κ1) is 21.7. The van der Waals surface area contributed by atoms with Gasteiger partial charge in [-0.2, -0.15) is 0 Å². The van der Waals surface area contributed by atoms with Crippen LogP contribution in [0.2, 0.25) is 0 Å². The van der Waals surface area contributed by atoms with Crippen molar-refractivity contribution < 1.29 is 9.47 Å². The van der Waals surface area contributed by atoms with Gasteiger partial charge in [-0.15, -0.1) is 0 Å². The highest BCUT2D eigenvalue weighted by atomic mass is 16.5. The molecule has 3 nitrogen and oxygen atoms in total. The SMILES string of the molecule is COc1ccc(CNCCC2(c3ccc(C)cc3)CCCC(C)(C)C2)cc1OC. The molecule has 1 N–H and O–H groups in total. The Morgan fingerprint density at radius 2 is 1.66 bits per heavy atom. The van der Waals surface area contributed by atoms with Crippen molar-refractivity contribution >= 4 is 0 Å². The molecule has 0 heterocycles. The summed E-state index contributed by atoms with van der Waals surface area (Å²) in [4.78, 5) is 0. The standard InChI is InChI=1S/C26H37NO2/c1-20-7-10-22(11-8-20)26(14-6-13-25(2,3)19-26)15-16-27-18-21-9-12-23(28-4)24(17-21)29-5/h7-12,17,27H,6,13-16,18-19H2,1-5H3. The molecule has 1 aliphatic rings. The maximum absolute atomic E-state index is 5.43. The van der Waals surface area contributed by atoms with Gasteiger partial charge in [0.05, 0.1) is 14.2 Å². The smallest absolute Gasteiger partial charge is 0.161 e. The predicted octanol–water partition coefficient (Wildman–Crippen LogP) is 6.03. The van der Waals surface area contributed by atoms with E-state index in [-0.39, 0.29) is 5.41 Å². The van der Waals surface area contributed by atoms with E-state index in [0.29, 0.717) is 5.41 Å². The molecule has 0 saturated heterocycles. The highest BCUT2D eigenvalue weighted by molar-refractivity contribution is 5.42. The Balaban J connectivity index is 1.67. The molecule has 29 heavy (non-hydrogen) atoms. The molecule has 1 saturated carbocycles. The topological polar surface area (TPSA) is 30.5 Å². The van der Waals surface area contributed by atoms with Crippen LogP contribution in [-0.2, 0) is 12.0 Å². The minimum Gasteiger partial charge on any atom is -0.493 e. The fourth-order valence-corrected chi connectivity index (χ4v) is 5.06. The first-order valence-electron chi connectivity index (χ1n) is 10.9. The highest BCUT2D eigenvalue weighted by Crippen LogP contribution is 2.49. The molecular weight excluding hydrogens is 358 g/mol. The molecule has 0 amide bonds. The number of aryl methyl sites for hydroxylation is 1. The Morgan fingerprint density at radius 3 is 2.31 bits per heavy atom. The quantitative estimate of drug-likeness (QED) is 0.554. The van der Waals surface area contributed by atoms with Crippen molar-refractivity contribution in [2.24, 2.45) is 5.41 Å². The Morgan fingerprint density at radius 1 is 0.931 bits per heavy atom. The summed E-state index contributed by atoms with van der Waals surface area (Å²) < 4.78 is 10.8. The average molecular weight is 396 g/mol. The Bertz CT molecular complexity index is 797. The lowest BCUT2D eigenvalue weighted by molar-refractivity contribution is 0.138. The summed E-state index contributed by atoms with van der Waals surface area (Å²) in [6, 6.07) is 15.4. The molecule has 1 aliphatic carbocycles. The van der Waals surface area contributed by atoms with Crippen LogP contribution in [0.1, 0.15) is 62.6 Å². The third-order valence-corrected chi connectivity index (χ3v) is 6.55. The molecule has 3 heteroatoms. The van der Waals surface area contributed by atoms with Crippen LogP contribution in [0.5, 0.6) is 11.5 Å². The van der Waals surface area contributed by atoms with Crippen molar-refractivity contribution in [1.82, 2.24) is 5.32 Å². The van der Waals surface area contributed by atoms with Crippen LogP contribution in [0.4, 0.5) is 0 Å². The second-order valence-corrected chi connectivity index (χ2v) is 9.46. The molecule has 0 radical (unpaired) electrons. The molecule has 1 atom stereocenters. The minimum atomic E-state index is 0.278. The number of hydrogen-bond donors (Lipinski definition) is 1. The monoisotopic (exact) mass is 395 g/mol. The summed E-state index contributed by atoms with van der Waals surface area (Å²) in [6.07, 6.45) is 6.38. The first-order chi connectivity index (χ1) is 13.9. The van der Waals surface area contributed by atoms with Gasteiger partial charge in [0, 0.05) is 6.54 Å². The van der Waals surface area contributed by atoms with Gasteiger partial charge in [0.1, 0.15) is 0 Å². The molecule has 0 aliphatic heterocycles. The molecule has 158 valence electrons. The van der Waals surface area contributed by atoms with Crippen molar-refractivity contribution in [3.63, 3.8) is 0 Å². The molecule has 0 aromatic heterocycles. The van der Waals surface area contributed by atoms with Gasteiger partial charge in [0.2, 0.25) is 0 Å². The van der Waals surface area contributed by atoms with E-state index in [2.05, 4.69) is 62.5 Å². The Labute approximate surface area is 176 Å². The van der Waals surface area contributed by atoms with E-state index in [9.17, 15) is 0 Å². The van der Waals surface area contributed by atoms with Crippen LogP contribution in [0.15, 0.2) is 42.5 Å². The third kappa shape index (κ3) is 5.33. The molecule has 0 spiro atoms. The summed E-state index contributed by atoms with van der Waals surface area (Å²) in [5.74, 6) is 1.57. The van der Waals surface area contributed by atoms with E-state index in [0.717, 1.165) is 24.6 Å². The van der Waals surface area contributed by atoms with Crippen LogP contribution in [0.25, 0.3) is 0 Å². The van der Waals surface area contributed by atoms with E-state index >= 15 is 0 Å². The van der Waals surface area contributed by atoms with Crippen molar-refractivity contribution in [1.29, 1.82) is 0 Å². The lowest BCUT2D eigenvalue weighted by Crippen LogP contribution is -2.39. The van der Waals surface area contributed by atoms with E-state index in [1.54, 1.807) is 14.2 Å². The molecule has 0 bridgehead atoms. The Hall–Kier alpha value is -2.00. The maximum atomic E-state index is 5.43. The van der Waals surface area contributed by atoms with Gasteiger partial charge >= 0.3 is 0 Å².